The van der Waals surface area contributed by atoms with Gasteiger partial charge in [0.1, 0.15) is 18.0 Å². The standard InChI is InChI=1S/C32H57N6O14P/c1-31(2)18-22(32(3,4)38(31)44)28(42)35-9-11-48-13-15-50-17-16-49-14-12-47-10-7-24(40)34-8-5-6-21-19-37(30(43)36-27(21)33)29-25(41)26(52-53(45)46)23(20-39)51-29/h21-23,25-26,29,39,41,44H,5-20H2,1-4H3,(H4-,33,34,35,36,40,42,43,45,46)/p+1/t21?,22?,23-,25+,26?,29-/m1/s1. The van der Waals surface area contributed by atoms with Crippen molar-refractivity contribution in [2.24, 2.45) is 22.6 Å². The van der Waals surface area contributed by atoms with Gasteiger partial charge in [0.2, 0.25) is 11.8 Å². The molecule has 0 aliphatic carbocycles. The minimum absolute atomic E-state index is 0.0453. The first-order chi connectivity index (χ1) is 25.1. The minimum atomic E-state index is -3.09. The average Bonchev–Trinajstić information content (AvgIpc) is 3.49. The summed E-state index contributed by atoms with van der Waals surface area (Å²) in [5.74, 6) is -0.911. The third kappa shape index (κ3) is 13.4. The van der Waals surface area contributed by atoms with E-state index in [2.05, 4.69) is 15.6 Å². The number of nitrogens with two attached hydrogens (primary N) is 1. The average molecular weight is 782 g/mol. The number of amides is 4. The zero-order valence-electron chi connectivity index (χ0n) is 31.0. The van der Waals surface area contributed by atoms with Gasteiger partial charge in [-0.2, -0.15) is 10.1 Å². The second-order valence-electron chi connectivity index (χ2n) is 14.2. The Morgan fingerprint density at radius 1 is 1.00 bits per heavy atom. The lowest BCUT2D eigenvalue weighted by Crippen LogP contribution is -2.53. The van der Waals surface area contributed by atoms with Gasteiger partial charge in [-0.3, -0.25) is 14.5 Å². The summed E-state index contributed by atoms with van der Waals surface area (Å²) in [5, 5.41) is 37.5. The van der Waals surface area contributed by atoms with Crippen molar-refractivity contribution < 1.29 is 67.5 Å². The highest BCUT2D eigenvalue weighted by Crippen LogP contribution is 2.43. The Bertz CT molecular complexity index is 1250. The number of nitrogens with zero attached hydrogens (tertiary/aromatic N) is 3. The van der Waals surface area contributed by atoms with E-state index in [4.69, 9.17) is 38.8 Å². The number of aliphatic hydroxyl groups excluding tert-OH is 2. The van der Waals surface area contributed by atoms with E-state index < -0.39 is 62.4 Å². The van der Waals surface area contributed by atoms with Crippen LogP contribution < -0.4 is 16.4 Å². The van der Waals surface area contributed by atoms with Crippen LogP contribution >= 0.6 is 8.25 Å². The molecule has 2 fully saturated rings. The lowest BCUT2D eigenvalue weighted by atomic mass is 9.86. The van der Waals surface area contributed by atoms with Crippen molar-refractivity contribution in [2.75, 3.05) is 79.1 Å². The van der Waals surface area contributed by atoms with Crippen molar-refractivity contribution in [3.8, 4) is 0 Å². The molecule has 21 heteroatoms. The number of urea groups is 1. The molecule has 4 unspecified atom stereocenters. The first-order valence-electron chi connectivity index (χ1n) is 17.9. The normalized spacial score (nSPS) is 27.2. The van der Waals surface area contributed by atoms with Crippen LogP contribution in [0.3, 0.4) is 0 Å². The maximum Gasteiger partial charge on any atom is 0.695 e. The van der Waals surface area contributed by atoms with Crippen LogP contribution in [-0.4, -0.2) is 169 Å². The number of amidine groups is 1. The van der Waals surface area contributed by atoms with Crippen LogP contribution in [0.4, 0.5) is 4.79 Å². The number of aliphatic hydroxyl groups is 2. The molecule has 4 amide bonds. The molecule has 3 heterocycles. The number of aliphatic imine (C=N–C) groups is 1. The highest BCUT2D eigenvalue weighted by Gasteiger charge is 2.54. The van der Waals surface area contributed by atoms with Gasteiger partial charge in [0.15, 0.2) is 12.3 Å². The van der Waals surface area contributed by atoms with E-state index in [0.717, 1.165) is 4.90 Å². The molecular weight excluding hydrogens is 723 g/mol. The summed E-state index contributed by atoms with van der Waals surface area (Å²) in [6.07, 6.45) is -3.52. The monoisotopic (exact) mass is 781 g/mol. The number of rotatable bonds is 24. The fourth-order valence-corrected chi connectivity index (χ4v) is 7.09. The Balaban J connectivity index is 1.14. The molecule has 0 saturated carbocycles. The highest BCUT2D eigenvalue weighted by atomic mass is 31.1. The Hall–Kier alpha value is -2.46. The molecule has 53 heavy (non-hydrogen) atoms. The van der Waals surface area contributed by atoms with Gasteiger partial charge in [-0.1, -0.05) is 0 Å². The lowest BCUT2D eigenvalue weighted by Gasteiger charge is -2.35. The number of carbonyl (C=O) groups excluding carboxylic acids is 3. The quantitative estimate of drug-likeness (QED) is 0.0469. The maximum atomic E-state index is 12.6. The number of carbonyl (C=O) groups is 3. The molecule has 3 rings (SSSR count). The zero-order chi connectivity index (χ0) is 39.2. The smallest absolute Gasteiger partial charge is 0.394 e. The fraction of sp³-hybridized carbons (Fsp3) is 0.875. The number of nitrogens with one attached hydrogen (secondary N) is 2. The Morgan fingerprint density at radius 3 is 2.17 bits per heavy atom. The molecule has 20 nitrogen and oxygen atoms in total. The van der Waals surface area contributed by atoms with Crippen molar-refractivity contribution in [3.05, 3.63) is 0 Å². The number of hydrogen-bond acceptors (Lipinski definition) is 15. The van der Waals surface area contributed by atoms with Gasteiger partial charge in [0, 0.05) is 42.1 Å². The van der Waals surface area contributed by atoms with Gasteiger partial charge in [-0.25, -0.2) is 4.79 Å². The molecule has 2 saturated heterocycles. The SMILES string of the molecule is CC1(C)CC(C(=O)NCCOCCOCCOCCOCCC(=O)NCCCC2CN([C@@H]3O[C@H](CO)C(O[P+](=O)O)[C@@H]3O)C(=O)N=C2N)C(C)(C)N1O. The van der Waals surface area contributed by atoms with Crippen LogP contribution in [0, 0.1) is 11.8 Å². The largest absolute Gasteiger partial charge is 0.695 e. The summed E-state index contributed by atoms with van der Waals surface area (Å²) >= 11 is 0. The fourth-order valence-electron chi connectivity index (χ4n) is 6.62. The molecule has 0 bridgehead atoms. The van der Waals surface area contributed by atoms with E-state index in [1.54, 1.807) is 0 Å². The highest BCUT2D eigenvalue weighted by molar-refractivity contribution is 7.32. The summed E-state index contributed by atoms with van der Waals surface area (Å²) in [5.41, 5.74) is 4.86. The zero-order valence-corrected chi connectivity index (χ0v) is 31.9. The molecule has 304 valence electrons. The topological polar surface area (TPSA) is 274 Å². The van der Waals surface area contributed by atoms with Crippen molar-refractivity contribution >= 4 is 31.9 Å². The van der Waals surface area contributed by atoms with Crippen LogP contribution in [0.1, 0.15) is 53.4 Å². The molecule has 3 aliphatic rings. The van der Waals surface area contributed by atoms with Crippen LogP contribution in [0.2, 0.25) is 0 Å². The first kappa shape index (κ1) is 44.9. The predicted octanol–water partition coefficient (Wildman–Crippen LogP) is -0.754. The van der Waals surface area contributed by atoms with E-state index in [0.29, 0.717) is 78.6 Å². The Kier molecular flexibility index (Phi) is 18.3. The van der Waals surface area contributed by atoms with Crippen LogP contribution in [-0.2, 0) is 42.4 Å². The van der Waals surface area contributed by atoms with Crippen molar-refractivity contribution in [1.82, 2.24) is 20.6 Å². The molecule has 3 aliphatic heterocycles. The van der Waals surface area contributed by atoms with Crippen LogP contribution in [0.15, 0.2) is 4.99 Å². The molecule has 0 radical (unpaired) electrons. The van der Waals surface area contributed by atoms with Crippen LogP contribution in [0.5, 0.6) is 0 Å². The third-order valence-electron chi connectivity index (χ3n) is 9.49. The van der Waals surface area contributed by atoms with Crippen molar-refractivity contribution in [1.29, 1.82) is 0 Å². The van der Waals surface area contributed by atoms with E-state index >= 15 is 0 Å². The second-order valence-corrected chi connectivity index (χ2v) is 14.9. The maximum absolute atomic E-state index is 12.6. The van der Waals surface area contributed by atoms with Crippen molar-refractivity contribution in [2.45, 2.75) is 89.0 Å². The Morgan fingerprint density at radius 2 is 1.60 bits per heavy atom. The van der Waals surface area contributed by atoms with Gasteiger partial charge in [0.25, 0.3) is 0 Å². The first-order valence-corrected chi connectivity index (χ1v) is 19.0. The summed E-state index contributed by atoms with van der Waals surface area (Å²) in [7, 11) is -3.09. The summed E-state index contributed by atoms with van der Waals surface area (Å²) < 4.78 is 43.4. The van der Waals surface area contributed by atoms with E-state index in [-0.39, 0.29) is 43.1 Å². The van der Waals surface area contributed by atoms with E-state index in [1.165, 1.54) is 5.06 Å². The number of hydroxylamine groups is 2. The molecule has 0 aromatic carbocycles. The summed E-state index contributed by atoms with van der Waals surface area (Å²) in [6.45, 7) is 10.4. The Labute approximate surface area is 310 Å². The predicted molar refractivity (Wildman–Crippen MR) is 187 cm³/mol. The summed E-state index contributed by atoms with van der Waals surface area (Å²) in [4.78, 5) is 51.4. The van der Waals surface area contributed by atoms with Gasteiger partial charge in [-0.05, 0) is 47.0 Å². The van der Waals surface area contributed by atoms with Crippen LogP contribution in [0.25, 0.3) is 0 Å². The number of ether oxygens (including phenoxy) is 5. The van der Waals surface area contributed by atoms with Gasteiger partial charge < -0.3 is 55.5 Å². The molecule has 0 spiro atoms. The summed E-state index contributed by atoms with van der Waals surface area (Å²) in [6, 6.07) is -0.756. The van der Waals surface area contributed by atoms with E-state index in [1.807, 2.05) is 27.7 Å². The molecule has 7 atom stereocenters. The number of hydrogen-bond donors (Lipinski definition) is 7. The molecule has 0 aromatic heterocycles. The van der Waals surface area contributed by atoms with Crippen molar-refractivity contribution in [3.63, 3.8) is 0 Å². The lowest BCUT2D eigenvalue weighted by molar-refractivity contribution is -0.197. The van der Waals surface area contributed by atoms with E-state index in [9.17, 15) is 34.4 Å². The molecule has 8 N–H and O–H groups in total. The minimum Gasteiger partial charge on any atom is -0.394 e. The second kappa shape index (κ2) is 21.6. The van der Waals surface area contributed by atoms with Gasteiger partial charge in [-0.15, -0.1) is 9.42 Å². The molecular formula is C32H58N6O14P+. The molecule has 0 aromatic rings. The third-order valence-corrected chi connectivity index (χ3v) is 9.92. The van der Waals surface area contributed by atoms with Gasteiger partial charge in [0.05, 0.1) is 70.9 Å². The van der Waals surface area contributed by atoms with Gasteiger partial charge >= 0.3 is 14.3 Å².